The summed E-state index contributed by atoms with van der Waals surface area (Å²) in [6, 6.07) is 11.1. The summed E-state index contributed by atoms with van der Waals surface area (Å²) in [5.41, 5.74) is 0. The summed E-state index contributed by atoms with van der Waals surface area (Å²) in [6.45, 7) is 3.43. The molecule has 2 aromatic rings. The third kappa shape index (κ3) is 3.44. The number of ether oxygens (including phenoxy) is 1. The lowest BCUT2D eigenvalue weighted by Crippen LogP contribution is -2.37. The Kier molecular flexibility index (Phi) is 5.04. The van der Waals surface area contributed by atoms with Gasteiger partial charge in [-0.1, -0.05) is 18.2 Å². The normalized spacial score (nSPS) is 17.3. The molecule has 0 amide bonds. The summed E-state index contributed by atoms with van der Waals surface area (Å²) >= 11 is 1.76. The Labute approximate surface area is 141 Å². The van der Waals surface area contributed by atoms with E-state index in [1.54, 1.807) is 39.9 Å². The molecular formula is C17H21NO3S2. The lowest BCUT2D eigenvalue weighted by Gasteiger charge is -2.31. The van der Waals surface area contributed by atoms with Gasteiger partial charge >= 0.3 is 0 Å². The summed E-state index contributed by atoms with van der Waals surface area (Å²) < 4.78 is 32.9. The highest BCUT2D eigenvalue weighted by Gasteiger charge is 2.32. The molecule has 2 heterocycles. The summed E-state index contributed by atoms with van der Waals surface area (Å²) in [4.78, 5) is 1.63. The van der Waals surface area contributed by atoms with E-state index in [4.69, 9.17) is 4.74 Å². The van der Waals surface area contributed by atoms with Crippen molar-refractivity contribution in [2.75, 3.05) is 19.7 Å². The molecule has 124 valence electrons. The third-order valence-corrected chi connectivity index (χ3v) is 7.14. The molecule has 1 aromatic heterocycles. The molecule has 0 atom stereocenters. The van der Waals surface area contributed by atoms with Crippen molar-refractivity contribution in [3.8, 4) is 5.75 Å². The fourth-order valence-electron chi connectivity index (χ4n) is 2.98. The Morgan fingerprint density at radius 1 is 1.17 bits per heavy atom. The molecule has 6 heteroatoms. The molecule has 4 nitrogen and oxygen atoms in total. The van der Waals surface area contributed by atoms with E-state index in [2.05, 4.69) is 17.5 Å². The molecular weight excluding hydrogens is 330 g/mol. The minimum absolute atomic E-state index is 0.274. The fraction of sp³-hybridized carbons (Fsp3) is 0.412. The highest BCUT2D eigenvalue weighted by molar-refractivity contribution is 7.89. The van der Waals surface area contributed by atoms with E-state index in [1.165, 1.54) is 4.88 Å². The van der Waals surface area contributed by atoms with Crippen molar-refractivity contribution in [3.05, 3.63) is 46.7 Å². The minimum Gasteiger partial charge on any atom is -0.492 e. The zero-order chi connectivity index (χ0) is 16.3. The van der Waals surface area contributed by atoms with Crippen molar-refractivity contribution in [1.82, 2.24) is 4.31 Å². The van der Waals surface area contributed by atoms with Crippen LogP contribution in [0, 0.1) is 0 Å². The molecule has 1 fully saturated rings. The lowest BCUT2D eigenvalue weighted by molar-refractivity contribution is 0.312. The van der Waals surface area contributed by atoms with E-state index in [0.29, 0.717) is 31.4 Å². The number of para-hydroxylation sites is 1. The van der Waals surface area contributed by atoms with E-state index < -0.39 is 10.0 Å². The molecule has 0 saturated carbocycles. The number of hydrogen-bond donors (Lipinski definition) is 0. The number of benzene rings is 1. The van der Waals surface area contributed by atoms with Gasteiger partial charge in [0.05, 0.1) is 6.61 Å². The molecule has 0 aliphatic carbocycles. The van der Waals surface area contributed by atoms with Crippen LogP contribution in [0.25, 0.3) is 0 Å². The van der Waals surface area contributed by atoms with Gasteiger partial charge in [-0.25, -0.2) is 8.42 Å². The molecule has 0 unspecified atom stereocenters. The third-order valence-electron chi connectivity index (χ3n) is 4.17. The van der Waals surface area contributed by atoms with Crippen molar-refractivity contribution in [3.63, 3.8) is 0 Å². The van der Waals surface area contributed by atoms with E-state index in [9.17, 15) is 8.42 Å². The topological polar surface area (TPSA) is 46.6 Å². The Morgan fingerprint density at radius 3 is 2.57 bits per heavy atom. The van der Waals surface area contributed by atoms with Crippen LogP contribution < -0.4 is 4.74 Å². The van der Waals surface area contributed by atoms with Crippen LogP contribution in [0.5, 0.6) is 5.75 Å². The zero-order valence-corrected chi connectivity index (χ0v) is 14.8. The lowest BCUT2D eigenvalue weighted by atomic mass is 9.97. The van der Waals surface area contributed by atoms with Gasteiger partial charge in [-0.2, -0.15) is 4.31 Å². The van der Waals surface area contributed by atoms with Gasteiger partial charge in [-0.05, 0) is 49.3 Å². The number of sulfonamides is 1. The number of thiophene rings is 1. The van der Waals surface area contributed by atoms with Gasteiger partial charge in [0, 0.05) is 18.0 Å². The van der Waals surface area contributed by atoms with E-state index in [0.717, 1.165) is 12.8 Å². The Morgan fingerprint density at radius 2 is 1.91 bits per heavy atom. The maximum Gasteiger partial charge on any atom is 0.246 e. The van der Waals surface area contributed by atoms with Crippen LogP contribution in [0.1, 0.15) is 30.6 Å². The van der Waals surface area contributed by atoms with Crippen LogP contribution in [0.3, 0.4) is 0 Å². The first-order chi connectivity index (χ1) is 11.1. The molecule has 1 aliphatic rings. The number of nitrogens with zero attached hydrogens (tertiary/aromatic N) is 1. The smallest absolute Gasteiger partial charge is 0.246 e. The van der Waals surface area contributed by atoms with Crippen molar-refractivity contribution < 1.29 is 13.2 Å². The second-order valence-electron chi connectivity index (χ2n) is 5.57. The molecule has 0 bridgehead atoms. The average Bonchev–Trinajstić information content (AvgIpc) is 3.10. The van der Waals surface area contributed by atoms with Crippen molar-refractivity contribution in [2.45, 2.75) is 30.6 Å². The van der Waals surface area contributed by atoms with E-state index in [1.807, 2.05) is 6.92 Å². The number of rotatable bonds is 5. The summed E-state index contributed by atoms with van der Waals surface area (Å²) in [6.07, 6.45) is 1.74. The number of hydrogen-bond acceptors (Lipinski definition) is 4. The first kappa shape index (κ1) is 16.5. The second-order valence-corrected chi connectivity index (χ2v) is 8.46. The summed E-state index contributed by atoms with van der Waals surface area (Å²) in [5.74, 6) is 0.916. The highest BCUT2D eigenvalue weighted by atomic mass is 32.2. The summed E-state index contributed by atoms with van der Waals surface area (Å²) in [5, 5.41) is 2.08. The first-order valence-electron chi connectivity index (χ1n) is 7.88. The van der Waals surface area contributed by atoms with Crippen molar-refractivity contribution >= 4 is 21.4 Å². The van der Waals surface area contributed by atoms with Gasteiger partial charge in [0.2, 0.25) is 10.0 Å². The van der Waals surface area contributed by atoms with Gasteiger partial charge in [-0.15, -0.1) is 11.3 Å². The van der Waals surface area contributed by atoms with Crippen LogP contribution >= 0.6 is 11.3 Å². The van der Waals surface area contributed by atoms with Gasteiger partial charge in [0.1, 0.15) is 10.6 Å². The van der Waals surface area contributed by atoms with Gasteiger partial charge in [-0.3, -0.25) is 0 Å². The van der Waals surface area contributed by atoms with Gasteiger partial charge < -0.3 is 4.74 Å². The van der Waals surface area contributed by atoms with E-state index in [-0.39, 0.29) is 4.90 Å². The Bertz CT molecular complexity index is 733. The van der Waals surface area contributed by atoms with E-state index >= 15 is 0 Å². The molecule has 1 aliphatic heterocycles. The van der Waals surface area contributed by atoms with Crippen LogP contribution in [0.15, 0.2) is 46.7 Å². The number of piperidine rings is 1. The molecule has 1 saturated heterocycles. The van der Waals surface area contributed by atoms with Crippen LogP contribution in [-0.4, -0.2) is 32.4 Å². The fourth-order valence-corrected chi connectivity index (χ4v) is 5.48. The quantitative estimate of drug-likeness (QED) is 0.825. The predicted octanol–water partition coefficient (Wildman–Crippen LogP) is 3.72. The molecule has 0 N–H and O–H groups in total. The van der Waals surface area contributed by atoms with Crippen molar-refractivity contribution in [2.24, 2.45) is 0 Å². The molecule has 3 rings (SSSR count). The predicted molar refractivity (Wildman–Crippen MR) is 92.7 cm³/mol. The van der Waals surface area contributed by atoms with Gasteiger partial charge in [0.15, 0.2) is 0 Å². The Balaban J connectivity index is 1.77. The van der Waals surface area contributed by atoms with Crippen molar-refractivity contribution in [1.29, 1.82) is 0 Å². The largest absolute Gasteiger partial charge is 0.492 e. The maximum absolute atomic E-state index is 12.9. The average molecular weight is 351 g/mol. The van der Waals surface area contributed by atoms with Gasteiger partial charge in [0.25, 0.3) is 0 Å². The second kappa shape index (κ2) is 7.03. The Hall–Kier alpha value is -1.37. The SMILES string of the molecule is CCOc1ccccc1S(=O)(=O)N1CCC(c2cccs2)CC1. The molecule has 1 aromatic carbocycles. The first-order valence-corrected chi connectivity index (χ1v) is 10.2. The zero-order valence-electron chi connectivity index (χ0n) is 13.1. The monoisotopic (exact) mass is 351 g/mol. The minimum atomic E-state index is -3.50. The maximum atomic E-state index is 12.9. The molecule has 0 spiro atoms. The van der Waals surface area contributed by atoms with Crippen LogP contribution in [0.4, 0.5) is 0 Å². The standard InChI is InChI=1S/C17H21NO3S2/c1-2-21-15-6-3-4-8-17(15)23(19,20)18-11-9-14(10-12-18)16-7-5-13-22-16/h3-8,13-14H,2,9-12H2,1H3. The molecule has 0 radical (unpaired) electrons. The van der Waals surface area contributed by atoms with Crippen LogP contribution in [0.2, 0.25) is 0 Å². The van der Waals surface area contributed by atoms with Crippen LogP contribution in [-0.2, 0) is 10.0 Å². The highest BCUT2D eigenvalue weighted by Crippen LogP contribution is 2.34. The summed E-state index contributed by atoms with van der Waals surface area (Å²) in [7, 11) is -3.50. The molecule has 23 heavy (non-hydrogen) atoms.